The first-order valence-electron chi connectivity index (χ1n) is 5.02. The summed E-state index contributed by atoms with van der Waals surface area (Å²) in [6.07, 6.45) is 0.612. The van der Waals surface area contributed by atoms with Crippen LogP contribution < -0.4 is 0 Å². The first-order valence-corrected chi connectivity index (χ1v) is 5.02. The van der Waals surface area contributed by atoms with E-state index in [4.69, 9.17) is 5.11 Å². The van der Waals surface area contributed by atoms with Gasteiger partial charge in [0.25, 0.3) is 0 Å². The lowest BCUT2D eigenvalue weighted by Crippen LogP contribution is -1.95. The molecule has 0 saturated carbocycles. The molecule has 0 unspecified atom stereocenters. The standard InChI is InChI=1S/C13H13NO/c15-10-9-12-7-4-8-13(14-12)11-5-2-1-3-6-11/h1-8,15H,9-10H2. The van der Waals surface area contributed by atoms with Crippen LogP contribution >= 0.6 is 0 Å². The lowest BCUT2D eigenvalue weighted by molar-refractivity contribution is 0.298. The van der Waals surface area contributed by atoms with Crippen LogP contribution in [0.4, 0.5) is 0 Å². The van der Waals surface area contributed by atoms with Gasteiger partial charge in [-0.25, -0.2) is 0 Å². The van der Waals surface area contributed by atoms with E-state index in [-0.39, 0.29) is 6.61 Å². The van der Waals surface area contributed by atoms with Crippen molar-refractivity contribution >= 4 is 0 Å². The molecule has 0 aliphatic heterocycles. The Morgan fingerprint density at radius 2 is 1.73 bits per heavy atom. The summed E-state index contributed by atoms with van der Waals surface area (Å²) < 4.78 is 0. The van der Waals surface area contributed by atoms with Gasteiger partial charge in [-0.2, -0.15) is 0 Å². The van der Waals surface area contributed by atoms with Crippen molar-refractivity contribution in [1.82, 2.24) is 4.98 Å². The highest BCUT2D eigenvalue weighted by molar-refractivity contribution is 5.58. The number of aliphatic hydroxyl groups excluding tert-OH is 1. The molecule has 0 radical (unpaired) electrons. The van der Waals surface area contributed by atoms with Crippen molar-refractivity contribution in [3.8, 4) is 11.3 Å². The molecule has 2 aromatic rings. The fourth-order valence-electron chi connectivity index (χ4n) is 1.50. The normalized spacial score (nSPS) is 10.2. The molecular weight excluding hydrogens is 186 g/mol. The summed E-state index contributed by atoms with van der Waals surface area (Å²) in [5.74, 6) is 0. The summed E-state index contributed by atoms with van der Waals surface area (Å²) in [6, 6.07) is 15.9. The van der Waals surface area contributed by atoms with Gasteiger partial charge in [-0.15, -0.1) is 0 Å². The SMILES string of the molecule is OCCc1cccc(-c2ccccc2)n1. The van der Waals surface area contributed by atoms with Crippen LogP contribution in [0.25, 0.3) is 11.3 Å². The van der Waals surface area contributed by atoms with Crippen molar-refractivity contribution in [3.05, 3.63) is 54.2 Å². The third kappa shape index (κ3) is 2.42. The van der Waals surface area contributed by atoms with Gasteiger partial charge in [0.2, 0.25) is 0 Å². The molecule has 0 bridgehead atoms. The Morgan fingerprint density at radius 1 is 0.933 bits per heavy atom. The predicted octanol–water partition coefficient (Wildman–Crippen LogP) is 2.28. The van der Waals surface area contributed by atoms with Crippen LogP contribution in [0.3, 0.4) is 0 Å². The molecule has 1 aromatic carbocycles. The van der Waals surface area contributed by atoms with Crippen LogP contribution in [-0.4, -0.2) is 16.7 Å². The molecule has 76 valence electrons. The lowest BCUT2D eigenvalue weighted by atomic mass is 10.1. The van der Waals surface area contributed by atoms with Gasteiger partial charge in [0.15, 0.2) is 0 Å². The van der Waals surface area contributed by atoms with E-state index < -0.39 is 0 Å². The lowest BCUT2D eigenvalue weighted by Gasteiger charge is -2.03. The molecule has 2 nitrogen and oxygen atoms in total. The smallest absolute Gasteiger partial charge is 0.0705 e. The third-order valence-electron chi connectivity index (χ3n) is 2.24. The molecule has 15 heavy (non-hydrogen) atoms. The molecule has 0 saturated heterocycles. The Balaban J connectivity index is 2.33. The molecular formula is C13H13NO. The number of benzene rings is 1. The molecule has 0 atom stereocenters. The Morgan fingerprint density at radius 3 is 2.47 bits per heavy atom. The van der Waals surface area contributed by atoms with Gasteiger partial charge in [0.05, 0.1) is 5.69 Å². The fraction of sp³-hybridized carbons (Fsp3) is 0.154. The molecule has 0 aliphatic rings. The number of nitrogens with zero attached hydrogens (tertiary/aromatic N) is 1. The largest absolute Gasteiger partial charge is 0.396 e. The topological polar surface area (TPSA) is 33.1 Å². The Kier molecular flexibility index (Phi) is 3.10. The van der Waals surface area contributed by atoms with Gasteiger partial charge in [-0.05, 0) is 12.1 Å². The Labute approximate surface area is 89.2 Å². The van der Waals surface area contributed by atoms with E-state index in [1.807, 2.05) is 48.5 Å². The minimum absolute atomic E-state index is 0.144. The van der Waals surface area contributed by atoms with Crippen LogP contribution in [0.5, 0.6) is 0 Å². The maximum absolute atomic E-state index is 8.84. The molecule has 1 aromatic heterocycles. The maximum atomic E-state index is 8.84. The minimum atomic E-state index is 0.144. The summed E-state index contributed by atoms with van der Waals surface area (Å²) in [6.45, 7) is 0.144. The number of aliphatic hydroxyl groups is 1. The van der Waals surface area contributed by atoms with Crippen molar-refractivity contribution in [2.45, 2.75) is 6.42 Å². The number of aromatic nitrogens is 1. The number of hydrogen-bond donors (Lipinski definition) is 1. The number of hydrogen-bond acceptors (Lipinski definition) is 2. The zero-order chi connectivity index (χ0) is 10.5. The van der Waals surface area contributed by atoms with E-state index in [0.717, 1.165) is 17.0 Å². The van der Waals surface area contributed by atoms with Gasteiger partial charge in [0, 0.05) is 24.3 Å². The van der Waals surface area contributed by atoms with Gasteiger partial charge in [0.1, 0.15) is 0 Å². The fourth-order valence-corrected chi connectivity index (χ4v) is 1.50. The van der Waals surface area contributed by atoms with E-state index in [2.05, 4.69) is 4.98 Å². The summed E-state index contributed by atoms with van der Waals surface area (Å²) in [5.41, 5.74) is 3.00. The van der Waals surface area contributed by atoms with Gasteiger partial charge in [-0.3, -0.25) is 4.98 Å². The van der Waals surface area contributed by atoms with Crippen LogP contribution in [0.1, 0.15) is 5.69 Å². The highest BCUT2D eigenvalue weighted by Crippen LogP contribution is 2.16. The highest BCUT2D eigenvalue weighted by atomic mass is 16.3. The van der Waals surface area contributed by atoms with Crippen molar-refractivity contribution in [3.63, 3.8) is 0 Å². The second-order valence-electron chi connectivity index (χ2n) is 3.35. The third-order valence-corrected chi connectivity index (χ3v) is 2.24. The molecule has 0 fully saturated rings. The molecule has 1 heterocycles. The maximum Gasteiger partial charge on any atom is 0.0705 e. The van der Waals surface area contributed by atoms with E-state index in [1.54, 1.807) is 0 Å². The van der Waals surface area contributed by atoms with E-state index in [9.17, 15) is 0 Å². The number of rotatable bonds is 3. The van der Waals surface area contributed by atoms with Crippen molar-refractivity contribution < 1.29 is 5.11 Å². The average molecular weight is 199 g/mol. The molecule has 2 heteroatoms. The quantitative estimate of drug-likeness (QED) is 0.822. The summed E-state index contributed by atoms with van der Waals surface area (Å²) in [5, 5.41) is 8.84. The zero-order valence-corrected chi connectivity index (χ0v) is 8.43. The van der Waals surface area contributed by atoms with Crippen LogP contribution in [0, 0.1) is 0 Å². The summed E-state index contributed by atoms with van der Waals surface area (Å²) in [4.78, 5) is 4.47. The minimum Gasteiger partial charge on any atom is -0.396 e. The average Bonchev–Trinajstić information content (AvgIpc) is 2.31. The van der Waals surface area contributed by atoms with Crippen LogP contribution in [-0.2, 0) is 6.42 Å². The van der Waals surface area contributed by atoms with Gasteiger partial charge in [-0.1, -0.05) is 36.4 Å². The van der Waals surface area contributed by atoms with Crippen molar-refractivity contribution in [1.29, 1.82) is 0 Å². The monoisotopic (exact) mass is 199 g/mol. The summed E-state index contributed by atoms with van der Waals surface area (Å²) >= 11 is 0. The first-order chi connectivity index (χ1) is 7.40. The van der Waals surface area contributed by atoms with E-state index >= 15 is 0 Å². The van der Waals surface area contributed by atoms with E-state index in [1.165, 1.54) is 0 Å². The predicted molar refractivity (Wildman–Crippen MR) is 60.5 cm³/mol. The molecule has 0 aliphatic carbocycles. The van der Waals surface area contributed by atoms with Crippen LogP contribution in [0.2, 0.25) is 0 Å². The van der Waals surface area contributed by atoms with Gasteiger partial charge < -0.3 is 5.11 Å². The molecule has 2 rings (SSSR count). The summed E-state index contributed by atoms with van der Waals surface area (Å²) in [7, 11) is 0. The second-order valence-corrected chi connectivity index (χ2v) is 3.35. The van der Waals surface area contributed by atoms with Crippen molar-refractivity contribution in [2.75, 3.05) is 6.61 Å². The number of pyridine rings is 1. The Hall–Kier alpha value is -1.67. The second kappa shape index (κ2) is 4.71. The zero-order valence-electron chi connectivity index (χ0n) is 8.43. The molecule has 0 amide bonds. The van der Waals surface area contributed by atoms with Gasteiger partial charge >= 0.3 is 0 Å². The first kappa shape index (κ1) is 9.87. The Bertz CT molecular complexity index is 426. The molecule has 0 spiro atoms. The highest BCUT2D eigenvalue weighted by Gasteiger charge is 1.99. The van der Waals surface area contributed by atoms with E-state index in [0.29, 0.717) is 6.42 Å². The van der Waals surface area contributed by atoms with Crippen LogP contribution in [0.15, 0.2) is 48.5 Å². The molecule has 1 N–H and O–H groups in total. The van der Waals surface area contributed by atoms with Crippen molar-refractivity contribution in [2.24, 2.45) is 0 Å².